The third-order valence-corrected chi connectivity index (χ3v) is 9.32. The van der Waals surface area contributed by atoms with E-state index in [4.69, 9.17) is 16.3 Å². The molecule has 2 aliphatic heterocycles. The topological polar surface area (TPSA) is 74.7 Å². The highest BCUT2D eigenvalue weighted by Gasteiger charge is 2.60. The Morgan fingerprint density at radius 1 is 1.24 bits per heavy atom. The lowest BCUT2D eigenvalue weighted by atomic mass is 9.80. The number of nitrogens with zero attached hydrogens (tertiary/aromatic N) is 2. The molecule has 2 saturated heterocycles. The number of likely N-dealkylation sites (tertiary alicyclic amines) is 1. The number of rotatable bonds is 4. The smallest absolute Gasteiger partial charge is 0.229 e. The fraction of sp³-hybridized carbons (Fsp3) is 0.615. The van der Waals surface area contributed by atoms with Crippen molar-refractivity contribution >= 4 is 34.1 Å². The highest BCUT2D eigenvalue weighted by Crippen LogP contribution is 2.65. The Kier molecular flexibility index (Phi) is 5.22. The van der Waals surface area contributed by atoms with Crippen LogP contribution in [-0.4, -0.2) is 58.8 Å². The molecule has 2 aromatic rings. The highest BCUT2D eigenvalue weighted by molar-refractivity contribution is 6.32. The Hall–Kier alpha value is -1.73. The second kappa shape index (κ2) is 7.91. The molecule has 33 heavy (non-hydrogen) atoms. The van der Waals surface area contributed by atoms with Gasteiger partial charge in [0.25, 0.3) is 0 Å². The van der Waals surface area contributed by atoms with Gasteiger partial charge in [0.15, 0.2) is 0 Å². The van der Waals surface area contributed by atoms with Crippen LogP contribution in [0.5, 0.6) is 0 Å². The molecule has 2 N–H and O–H groups in total. The Bertz CT molecular complexity index is 1100. The first-order valence-corrected chi connectivity index (χ1v) is 12.7. The molecule has 1 amide bonds. The average Bonchev–Trinajstić information content (AvgIpc) is 3.48. The average molecular weight is 470 g/mol. The molecule has 0 radical (unpaired) electrons. The van der Waals surface area contributed by atoms with Crippen LogP contribution < -0.4 is 5.32 Å². The fourth-order valence-corrected chi connectivity index (χ4v) is 6.66. The zero-order chi connectivity index (χ0) is 22.8. The van der Waals surface area contributed by atoms with E-state index in [2.05, 4.69) is 28.2 Å². The number of aliphatic hydroxyl groups excluding tert-OH is 1. The van der Waals surface area contributed by atoms with Gasteiger partial charge in [-0.05, 0) is 92.6 Å². The van der Waals surface area contributed by atoms with E-state index in [-0.39, 0.29) is 17.4 Å². The number of hydrogen-bond acceptors (Lipinski definition) is 5. The summed E-state index contributed by atoms with van der Waals surface area (Å²) in [4.78, 5) is 19.5. The summed E-state index contributed by atoms with van der Waals surface area (Å²) in [5.41, 5.74) is 1.18. The third-order valence-electron chi connectivity index (χ3n) is 8.99. The van der Waals surface area contributed by atoms with Crippen molar-refractivity contribution in [3.8, 4) is 0 Å². The van der Waals surface area contributed by atoms with E-state index >= 15 is 0 Å². The second-order valence-corrected chi connectivity index (χ2v) is 11.3. The minimum absolute atomic E-state index is 0.120. The molecule has 6 nitrogen and oxygen atoms in total. The van der Waals surface area contributed by atoms with Gasteiger partial charge in [-0.25, -0.2) is 4.98 Å². The van der Waals surface area contributed by atoms with Crippen molar-refractivity contribution in [2.45, 2.75) is 63.0 Å². The molecule has 1 spiro atoms. The van der Waals surface area contributed by atoms with Gasteiger partial charge in [-0.3, -0.25) is 9.69 Å². The summed E-state index contributed by atoms with van der Waals surface area (Å²) >= 11 is 6.71. The standard InChI is InChI=1S/C26H32ClN3O3/c1-25(15-33-14-22(25)31)30-7-3-16(4-8-30)19-9-17-11-23(28-13-18(17)10-21(19)27)29-24(32)20-12-26(20)5-2-6-26/h9-11,13,16,20,22,31H,2-8,12,14-15H2,1H3,(H,28,29,32). The summed E-state index contributed by atoms with van der Waals surface area (Å²) < 4.78 is 5.53. The van der Waals surface area contributed by atoms with E-state index < -0.39 is 6.10 Å². The van der Waals surface area contributed by atoms with Gasteiger partial charge in [-0.2, -0.15) is 0 Å². The minimum atomic E-state index is -0.436. The van der Waals surface area contributed by atoms with Crippen LogP contribution in [0.4, 0.5) is 5.82 Å². The van der Waals surface area contributed by atoms with Crippen LogP contribution in [0.2, 0.25) is 5.02 Å². The minimum Gasteiger partial charge on any atom is -0.389 e. The Morgan fingerprint density at radius 3 is 2.67 bits per heavy atom. The molecule has 2 aliphatic carbocycles. The highest BCUT2D eigenvalue weighted by atomic mass is 35.5. The first kappa shape index (κ1) is 21.8. The number of fused-ring (bicyclic) bond motifs is 1. The summed E-state index contributed by atoms with van der Waals surface area (Å²) in [6, 6.07) is 6.15. The SMILES string of the molecule is CC1(N2CCC(c3cc4cc(NC(=O)C5CC56CCC6)ncc4cc3Cl)CC2)COCC1O. The number of halogens is 1. The molecule has 4 fully saturated rings. The van der Waals surface area contributed by atoms with Gasteiger partial charge < -0.3 is 15.2 Å². The van der Waals surface area contributed by atoms with Gasteiger partial charge in [-0.1, -0.05) is 18.0 Å². The van der Waals surface area contributed by atoms with Crippen LogP contribution in [0, 0.1) is 11.3 Å². The lowest BCUT2D eigenvalue weighted by Crippen LogP contribution is -2.56. The maximum atomic E-state index is 12.7. The molecule has 0 bridgehead atoms. The van der Waals surface area contributed by atoms with Crippen LogP contribution in [0.1, 0.15) is 56.9 Å². The monoisotopic (exact) mass is 469 g/mol. The quantitative estimate of drug-likeness (QED) is 0.696. The number of aliphatic hydroxyl groups is 1. The van der Waals surface area contributed by atoms with E-state index in [0.29, 0.717) is 30.4 Å². The maximum Gasteiger partial charge on any atom is 0.229 e. The number of carbonyl (C=O) groups is 1. The van der Waals surface area contributed by atoms with Gasteiger partial charge in [0, 0.05) is 22.5 Å². The Balaban J connectivity index is 1.17. The molecule has 4 aliphatic rings. The normalized spacial score (nSPS) is 31.6. The molecule has 1 aromatic heterocycles. The van der Waals surface area contributed by atoms with Gasteiger partial charge in [-0.15, -0.1) is 0 Å². The van der Waals surface area contributed by atoms with Gasteiger partial charge in [0.2, 0.25) is 5.91 Å². The van der Waals surface area contributed by atoms with E-state index in [9.17, 15) is 9.90 Å². The number of hydrogen-bond donors (Lipinski definition) is 2. The predicted octanol–water partition coefficient (Wildman–Crippen LogP) is 4.35. The zero-order valence-corrected chi connectivity index (χ0v) is 19.9. The lowest BCUT2D eigenvalue weighted by molar-refractivity contribution is -0.118. The zero-order valence-electron chi connectivity index (χ0n) is 19.1. The lowest BCUT2D eigenvalue weighted by Gasteiger charge is -2.43. The number of aromatic nitrogens is 1. The van der Waals surface area contributed by atoms with Crippen molar-refractivity contribution in [2.75, 3.05) is 31.6 Å². The number of anilines is 1. The summed E-state index contributed by atoms with van der Waals surface area (Å²) in [6.07, 6.45) is 8.04. The molecule has 6 rings (SSSR count). The van der Waals surface area contributed by atoms with Crippen LogP contribution in [-0.2, 0) is 9.53 Å². The van der Waals surface area contributed by atoms with E-state index in [1.54, 1.807) is 6.20 Å². The molecular weight excluding hydrogens is 438 g/mol. The fourth-order valence-electron chi connectivity index (χ4n) is 6.34. The van der Waals surface area contributed by atoms with E-state index in [1.807, 2.05) is 12.1 Å². The molecule has 3 atom stereocenters. The van der Waals surface area contributed by atoms with Crippen molar-refractivity contribution in [2.24, 2.45) is 11.3 Å². The van der Waals surface area contributed by atoms with Crippen molar-refractivity contribution < 1.29 is 14.6 Å². The van der Waals surface area contributed by atoms with Crippen molar-refractivity contribution in [3.05, 3.63) is 35.0 Å². The third kappa shape index (κ3) is 3.66. The molecular formula is C26H32ClN3O3. The maximum absolute atomic E-state index is 12.7. The van der Waals surface area contributed by atoms with Crippen molar-refractivity contribution in [1.29, 1.82) is 0 Å². The van der Waals surface area contributed by atoms with Gasteiger partial charge >= 0.3 is 0 Å². The number of pyridine rings is 1. The molecule has 3 unspecified atom stereocenters. The summed E-state index contributed by atoms with van der Waals surface area (Å²) in [5.74, 6) is 1.28. The van der Waals surface area contributed by atoms with Gasteiger partial charge in [0.1, 0.15) is 5.82 Å². The summed E-state index contributed by atoms with van der Waals surface area (Å²) in [7, 11) is 0. The molecule has 176 valence electrons. The predicted molar refractivity (Wildman–Crippen MR) is 129 cm³/mol. The van der Waals surface area contributed by atoms with Crippen LogP contribution >= 0.6 is 11.6 Å². The van der Waals surface area contributed by atoms with Crippen molar-refractivity contribution in [1.82, 2.24) is 9.88 Å². The summed E-state index contributed by atoms with van der Waals surface area (Å²) in [5, 5.41) is 16.3. The largest absolute Gasteiger partial charge is 0.389 e. The van der Waals surface area contributed by atoms with E-state index in [1.165, 1.54) is 19.3 Å². The first-order chi connectivity index (χ1) is 15.9. The number of ether oxygens (including phenoxy) is 1. The van der Waals surface area contributed by atoms with E-state index in [0.717, 1.165) is 53.7 Å². The number of nitrogens with one attached hydrogen (secondary N) is 1. The van der Waals surface area contributed by atoms with Gasteiger partial charge in [0.05, 0.1) is 24.9 Å². The molecule has 7 heteroatoms. The van der Waals surface area contributed by atoms with Crippen LogP contribution in [0.3, 0.4) is 0 Å². The number of benzene rings is 1. The van der Waals surface area contributed by atoms with Crippen LogP contribution in [0.25, 0.3) is 10.8 Å². The number of carbonyl (C=O) groups excluding carboxylic acids is 1. The van der Waals surface area contributed by atoms with Crippen LogP contribution in [0.15, 0.2) is 24.4 Å². The first-order valence-electron chi connectivity index (χ1n) is 12.3. The molecule has 1 aromatic carbocycles. The molecule has 3 heterocycles. The number of amides is 1. The molecule has 2 saturated carbocycles. The van der Waals surface area contributed by atoms with Crippen molar-refractivity contribution in [3.63, 3.8) is 0 Å². The second-order valence-electron chi connectivity index (χ2n) is 10.9. The Labute approximate surface area is 199 Å². The Morgan fingerprint density at radius 2 is 2.03 bits per heavy atom. The number of piperidine rings is 1. The summed E-state index contributed by atoms with van der Waals surface area (Å²) in [6.45, 7) is 4.93.